The van der Waals surface area contributed by atoms with E-state index in [0.717, 1.165) is 17.1 Å². The van der Waals surface area contributed by atoms with E-state index < -0.39 is 0 Å². The van der Waals surface area contributed by atoms with Gasteiger partial charge in [0.15, 0.2) is 0 Å². The van der Waals surface area contributed by atoms with Gasteiger partial charge in [-0.25, -0.2) is 0 Å². The summed E-state index contributed by atoms with van der Waals surface area (Å²) in [4.78, 5) is 2.36. The molecule has 266 valence electrons. The van der Waals surface area contributed by atoms with E-state index in [4.69, 9.17) is 0 Å². The summed E-state index contributed by atoms with van der Waals surface area (Å²) in [6, 6.07) is 77.3. The summed E-state index contributed by atoms with van der Waals surface area (Å²) < 4.78 is 0. The minimum absolute atomic E-state index is 0.149. The Bertz CT molecular complexity index is 2740. The van der Waals surface area contributed by atoms with Gasteiger partial charge in [-0.1, -0.05) is 184 Å². The largest absolute Gasteiger partial charge is 0.311 e. The molecule has 0 heterocycles. The summed E-state index contributed by atoms with van der Waals surface area (Å²) in [6.07, 6.45) is 0. The van der Waals surface area contributed by atoms with Crippen LogP contribution >= 0.6 is 0 Å². The lowest BCUT2D eigenvalue weighted by Crippen LogP contribution is -2.15. The second-order valence-corrected chi connectivity index (χ2v) is 15.3. The highest BCUT2D eigenvalue weighted by molar-refractivity contribution is 6.08. The zero-order valence-electron chi connectivity index (χ0n) is 31.7. The van der Waals surface area contributed by atoms with Crippen molar-refractivity contribution in [2.24, 2.45) is 0 Å². The fourth-order valence-electron chi connectivity index (χ4n) is 8.95. The average Bonchev–Trinajstić information content (AvgIpc) is 3.51. The van der Waals surface area contributed by atoms with E-state index in [1.54, 1.807) is 0 Å². The van der Waals surface area contributed by atoms with Crippen LogP contribution in [0.1, 0.15) is 25.0 Å². The maximum absolute atomic E-state index is 2.46. The maximum Gasteiger partial charge on any atom is 0.0462 e. The first-order chi connectivity index (χ1) is 27.5. The van der Waals surface area contributed by atoms with Gasteiger partial charge in [0.25, 0.3) is 0 Å². The highest BCUT2D eigenvalue weighted by Crippen LogP contribution is 2.56. The molecule has 56 heavy (non-hydrogen) atoms. The van der Waals surface area contributed by atoms with Crippen LogP contribution in [0.25, 0.3) is 66.4 Å². The molecule has 0 aromatic heterocycles. The molecule has 0 amide bonds. The Kier molecular flexibility index (Phi) is 8.23. The van der Waals surface area contributed by atoms with Gasteiger partial charge in [-0.2, -0.15) is 0 Å². The van der Waals surface area contributed by atoms with Gasteiger partial charge in [0.1, 0.15) is 0 Å². The number of anilines is 3. The van der Waals surface area contributed by atoms with Crippen LogP contribution < -0.4 is 4.90 Å². The van der Waals surface area contributed by atoms with E-state index in [1.807, 2.05) is 0 Å². The third kappa shape index (κ3) is 5.72. The van der Waals surface area contributed by atoms with E-state index in [2.05, 4.69) is 231 Å². The van der Waals surface area contributed by atoms with Crippen LogP contribution in [-0.2, 0) is 5.41 Å². The first kappa shape index (κ1) is 33.6. The van der Waals surface area contributed by atoms with Gasteiger partial charge < -0.3 is 4.90 Å². The topological polar surface area (TPSA) is 3.24 Å². The lowest BCUT2D eigenvalue weighted by Gasteiger charge is -2.26. The number of fused-ring (bicyclic) bond motifs is 5. The van der Waals surface area contributed by atoms with Crippen LogP contribution in [0.15, 0.2) is 212 Å². The van der Waals surface area contributed by atoms with Gasteiger partial charge >= 0.3 is 0 Å². The number of nitrogens with zero attached hydrogens (tertiary/aromatic N) is 1. The number of rotatable bonds is 7. The van der Waals surface area contributed by atoms with Gasteiger partial charge in [-0.05, 0) is 120 Å². The van der Waals surface area contributed by atoms with Crippen LogP contribution in [-0.4, -0.2) is 0 Å². The average molecular weight is 716 g/mol. The van der Waals surface area contributed by atoms with Gasteiger partial charge in [0.05, 0.1) is 0 Å². The molecule has 9 aromatic rings. The Balaban J connectivity index is 1.08. The van der Waals surface area contributed by atoms with Crippen LogP contribution in [0, 0.1) is 0 Å². The van der Waals surface area contributed by atoms with Crippen LogP contribution in [0.4, 0.5) is 17.1 Å². The second-order valence-electron chi connectivity index (χ2n) is 15.3. The van der Waals surface area contributed by atoms with E-state index in [-0.39, 0.29) is 5.41 Å². The summed E-state index contributed by atoms with van der Waals surface area (Å²) in [7, 11) is 0. The Morgan fingerprint density at radius 1 is 0.321 bits per heavy atom. The molecule has 1 heteroatoms. The van der Waals surface area contributed by atoms with Gasteiger partial charge in [0.2, 0.25) is 0 Å². The SMILES string of the molecule is CC1(C)c2cccc(-c3ccc(N(c4ccc(-c5ccccc5)cc4)c4ccc(-c5ccccc5)cc4)cc3)c2-c2cc(-c3ccccc3)c3ccccc3c21. The first-order valence-corrected chi connectivity index (χ1v) is 19.5. The predicted octanol–water partition coefficient (Wildman–Crippen LogP) is 15.3. The smallest absolute Gasteiger partial charge is 0.0462 e. The molecule has 0 unspecified atom stereocenters. The van der Waals surface area contributed by atoms with Crippen molar-refractivity contribution in [3.8, 4) is 55.6 Å². The number of hydrogen-bond donors (Lipinski definition) is 0. The van der Waals surface area contributed by atoms with Gasteiger partial charge in [-0.3, -0.25) is 0 Å². The predicted molar refractivity (Wildman–Crippen MR) is 238 cm³/mol. The molecule has 0 atom stereocenters. The number of hydrogen-bond acceptors (Lipinski definition) is 1. The molecule has 1 nitrogen and oxygen atoms in total. The highest BCUT2D eigenvalue weighted by Gasteiger charge is 2.39. The van der Waals surface area contributed by atoms with E-state index in [0.29, 0.717) is 0 Å². The lowest BCUT2D eigenvalue weighted by molar-refractivity contribution is 0.666. The van der Waals surface area contributed by atoms with Crippen molar-refractivity contribution >= 4 is 27.8 Å². The molecule has 10 rings (SSSR count). The first-order valence-electron chi connectivity index (χ1n) is 19.5. The van der Waals surface area contributed by atoms with Crippen molar-refractivity contribution in [3.05, 3.63) is 223 Å². The standard InChI is InChI=1S/C55H41N/c1-55(2)52-24-14-23-47(53(52)51-37-50(42-19-10-5-11-20-42)48-21-12-13-22-49(48)54(51)55)43-29-35-46(36-30-43)56(44-31-25-40(26-32-44)38-15-6-3-7-16-38)45-33-27-41(28-34-45)39-17-8-4-9-18-39/h3-37H,1-2H3. The summed E-state index contributed by atoms with van der Waals surface area (Å²) in [6.45, 7) is 4.78. The molecule has 0 fully saturated rings. The molecule has 1 aliphatic rings. The summed E-state index contributed by atoms with van der Waals surface area (Å²) in [5.41, 5.74) is 18.5. The van der Waals surface area contributed by atoms with E-state index in [9.17, 15) is 0 Å². The maximum atomic E-state index is 2.46. The Morgan fingerprint density at radius 2 is 0.732 bits per heavy atom. The van der Waals surface area contributed by atoms with Gasteiger partial charge in [-0.15, -0.1) is 0 Å². The lowest BCUT2D eigenvalue weighted by atomic mass is 9.79. The van der Waals surface area contributed by atoms with Crippen LogP contribution in [0.5, 0.6) is 0 Å². The Labute approximate surface area is 329 Å². The van der Waals surface area contributed by atoms with E-state index >= 15 is 0 Å². The third-order valence-electron chi connectivity index (χ3n) is 11.7. The van der Waals surface area contributed by atoms with Crippen molar-refractivity contribution in [3.63, 3.8) is 0 Å². The highest BCUT2D eigenvalue weighted by atomic mass is 15.1. The minimum Gasteiger partial charge on any atom is -0.311 e. The fourth-order valence-corrected chi connectivity index (χ4v) is 8.95. The molecular formula is C55H41N. The summed E-state index contributed by atoms with van der Waals surface area (Å²) in [5, 5.41) is 2.64. The second kappa shape index (κ2) is 13.7. The zero-order chi connectivity index (χ0) is 37.6. The molecule has 0 N–H and O–H groups in total. The molecule has 0 bridgehead atoms. The van der Waals surface area contributed by atoms with Crippen molar-refractivity contribution < 1.29 is 0 Å². The molecule has 0 saturated carbocycles. The minimum atomic E-state index is -0.149. The van der Waals surface area contributed by atoms with Crippen molar-refractivity contribution in [2.45, 2.75) is 19.3 Å². The van der Waals surface area contributed by atoms with Crippen LogP contribution in [0.2, 0.25) is 0 Å². The van der Waals surface area contributed by atoms with Crippen molar-refractivity contribution in [1.82, 2.24) is 0 Å². The Morgan fingerprint density at radius 3 is 1.25 bits per heavy atom. The monoisotopic (exact) mass is 715 g/mol. The molecular weight excluding hydrogens is 675 g/mol. The van der Waals surface area contributed by atoms with E-state index in [1.165, 1.54) is 77.5 Å². The van der Waals surface area contributed by atoms with Crippen molar-refractivity contribution in [2.75, 3.05) is 4.90 Å². The van der Waals surface area contributed by atoms with Crippen LogP contribution in [0.3, 0.4) is 0 Å². The van der Waals surface area contributed by atoms with Crippen molar-refractivity contribution in [1.29, 1.82) is 0 Å². The van der Waals surface area contributed by atoms with Gasteiger partial charge in [0, 0.05) is 22.5 Å². The number of benzene rings is 9. The summed E-state index contributed by atoms with van der Waals surface area (Å²) >= 11 is 0. The molecule has 0 spiro atoms. The third-order valence-corrected chi connectivity index (χ3v) is 11.7. The quantitative estimate of drug-likeness (QED) is 0.159. The Hall–Kier alpha value is -6.96. The molecule has 0 aliphatic heterocycles. The molecule has 0 saturated heterocycles. The molecule has 0 radical (unpaired) electrons. The molecule has 1 aliphatic carbocycles. The summed E-state index contributed by atoms with van der Waals surface area (Å²) in [5.74, 6) is 0. The normalized spacial score (nSPS) is 12.6. The fraction of sp³-hybridized carbons (Fsp3) is 0.0545. The zero-order valence-corrected chi connectivity index (χ0v) is 31.7. The molecule has 9 aromatic carbocycles.